The summed E-state index contributed by atoms with van der Waals surface area (Å²) in [6.07, 6.45) is 2.44. The molecule has 0 aliphatic carbocycles. The Kier molecular flexibility index (Phi) is 4.72. The van der Waals surface area contributed by atoms with Crippen LogP contribution in [0.5, 0.6) is 0 Å². The van der Waals surface area contributed by atoms with E-state index in [4.69, 9.17) is 4.74 Å². The van der Waals surface area contributed by atoms with E-state index in [0.29, 0.717) is 13.2 Å². The lowest BCUT2D eigenvalue weighted by Gasteiger charge is -2.18. The molecule has 1 amide bonds. The van der Waals surface area contributed by atoms with Crippen LogP contribution in [0.2, 0.25) is 0 Å². The molecule has 1 aliphatic heterocycles. The number of carbonyl (C=O) groups excluding carboxylic acids is 1. The van der Waals surface area contributed by atoms with E-state index in [1.165, 1.54) is 0 Å². The third-order valence-corrected chi connectivity index (χ3v) is 4.31. The zero-order chi connectivity index (χ0) is 16.2. The Bertz CT molecular complexity index is 685. The number of aryl methyl sites for hydroxylation is 2. The van der Waals surface area contributed by atoms with Gasteiger partial charge in [-0.2, -0.15) is 0 Å². The highest BCUT2D eigenvalue weighted by molar-refractivity contribution is 5.79. The summed E-state index contributed by atoms with van der Waals surface area (Å²) in [6, 6.07) is 12.0. The normalized spacial score (nSPS) is 20.4. The number of nitrogens with one attached hydrogen (secondary N) is 1. The van der Waals surface area contributed by atoms with E-state index in [9.17, 15) is 4.79 Å². The van der Waals surface area contributed by atoms with Crippen LogP contribution >= 0.6 is 0 Å². The van der Waals surface area contributed by atoms with Gasteiger partial charge in [-0.05, 0) is 37.0 Å². The fourth-order valence-corrected chi connectivity index (χ4v) is 3.06. The largest absolute Gasteiger partial charge is 0.373 e. The second kappa shape index (κ2) is 6.92. The monoisotopic (exact) mass is 310 g/mol. The number of hydrogen-bond acceptors (Lipinski definition) is 3. The predicted octanol–water partition coefficient (Wildman–Crippen LogP) is 3.09. The average molecular weight is 310 g/mol. The van der Waals surface area contributed by atoms with E-state index in [-0.39, 0.29) is 17.9 Å². The van der Waals surface area contributed by atoms with Crippen molar-refractivity contribution in [3.8, 4) is 0 Å². The highest BCUT2D eigenvalue weighted by atomic mass is 16.5. The summed E-state index contributed by atoms with van der Waals surface area (Å²) in [5.74, 6) is -0.0960. The fourth-order valence-electron chi connectivity index (χ4n) is 3.06. The van der Waals surface area contributed by atoms with E-state index in [0.717, 1.165) is 28.8 Å². The minimum absolute atomic E-state index is 0.0399. The first-order valence-corrected chi connectivity index (χ1v) is 8.01. The summed E-state index contributed by atoms with van der Waals surface area (Å²) in [7, 11) is 0. The van der Waals surface area contributed by atoms with Gasteiger partial charge in [0.1, 0.15) is 0 Å². The van der Waals surface area contributed by atoms with E-state index < -0.39 is 0 Å². The van der Waals surface area contributed by atoms with Crippen molar-refractivity contribution in [3.05, 3.63) is 65.0 Å². The molecule has 4 nitrogen and oxygen atoms in total. The van der Waals surface area contributed by atoms with Crippen LogP contribution in [-0.2, 0) is 16.1 Å². The molecule has 0 spiro atoms. The molecular weight excluding hydrogens is 288 g/mol. The number of hydrogen-bond donors (Lipinski definition) is 1. The molecule has 120 valence electrons. The van der Waals surface area contributed by atoms with Crippen molar-refractivity contribution in [2.24, 2.45) is 5.92 Å². The molecule has 1 saturated heterocycles. The summed E-state index contributed by atoms with van der Waals surface area (Å²) in [4.78, 5) is 17.0. The molecular formula is C19H22N2O2. The van der Waals surface area contributed by atoms with Gasteiger partial charge in [0.05, 0.1) is 24.3 Å². The number of benzene rings is 1. The summed E-state index contributed by atoms with van der Waals surface area (Å²) in [5.41, 5.74) is 4.22. The number of ether oxygens (including phenoxy) is 1. The van der Waals surface area contributed by atoms with Crippen LogP contribution in [0.25, 0.3) is 0 Å². The Hall–Kier alpha value is -2.20. The van der Waals surface area contributed by atoms with E-state index in [1.807, 2.05) is 50.4 Å². The maximum atomic E-state index is 12.6. The van der Waals surface area contributed by atoms with E-state index in [1.54, 1.807) is 0 Å². The lowest BCUT2D eigenvalue weighted by molar-refractivity contribution is -0.127. The molecule has 2 atom stereocenters. The van der Waals surface area contributed by atoms with E-state index >= 15 is 0 Å². The van der Waals surface area contributed by atoms with Crippen LogP contribution < -0.4 is 5.32 Å². The van der Waals surface area contributed by atoms with Crippen molar-refractivity contribution >= 4 is 5.91 Å². The van der Waals surface area contributed by atoms with Crippen LogP contribution in [-0.4, -0.2) is 17.5 Å². The molecule has 1 aromatic heterocycles. The molecule has 0 radical (unpaired) electrons. The second-order valence-electron chi connectivity index (χ2n) is 6.09. The fraction of sp³-hybridized carbons (Fsp3) is 0.368. The van der Waals surface area contributed by atoms with Crippen molar-refractivity contribution in [1.29, 1.82) is 0 Å². The first-order chi connectivity index (χ1) is 11.1. The molecule has 3 rings (SSSR count). The van der Waals surface area contributed by atoms with Gasteiger partial charge >= 0.3 is 0 Å². The number of rotatable bonds is 4. The van der Waals surface area contributed by atoms with Gasteiger partial charge in [0.25, 0.3) is 0 Å². The summed E-state index contributed by atoms with van der Waals surface area (Å²) in [5, 5.41) is 3.02. The Morgan fingerprint density at radius 3 is 2.83 bits per heavy atom. The number of pyridine rings is 1. The Morgan fingerprint density at radius 1 is 1.30 bits per heavy atom. The SMILES string of the molecule is Cc1cnc(CNC(=O)[C@H]2CCO[C@@H]2c2ccccc2)c(C)c1. The van der Waals surface area contributed by atoms with Gasteiger partial charge in [-0.15, -0.1) is 0 Å². The Labute approximate surface area is 136 Å². The molecule has 2 heterocycles. The maximum Gasteiger partial charge on any atom is 0.226 e. The zero-order valence-corrected chi connectivity index (χ0v) is 13.6. The highest BCUT2D eigenvalue weighted by Crippen LogP contribution is 2.34. The molecule has 23 heavy (non-hydrogen) atoms. The number of nitrogens with zero attached hydrogens (tertiary/aromatic N) is 1. The molecule has 0 saturated carbocycles. The van der Waals surface area contributed by atoms with Gasteiger partial charge in [-0.3, -0.25) is 9.78 Å². The number of amides is 1. The molecule has 0 bridgehead atoms. The molecule has 1 N–H and O–H groups in total. The molecule has 4 heteroatoms. The lowest BCUT2D eigenvalue weighted by Crippen LogP contribution is -2.32. The standard InChI is InChI=1S/C19H22N2O2/c1-13-10-14(2)17(20-11-13)12-21-19(22)16-8-9-23-18(16)15-6-4-3-5-7-15/h3-7,10-11,16,18H,8-9,12H2,1-2H3,(H,21,22)/t16-,18+/m0/s1. The van der Waals surface area contributed by atoms with Gasteiger partial charge in [0.15, 0.2) is 0 Å². The minimum atomic E-state index is -0.150. The van der Waals surface area contributed by atoms with Crippen LogP contribution in [0.15, 0.2) is 42.6 Å². The topological polar surface area (TPSA) is 51.2 Å². The van der Waals surface area contributed by atoms with Crippen LogP contribution in [0, 0.1) is 19.8 Å². The molecule has 0 unspecified atom stereocenters. The van der Waals surface area contributed by atoms with Crippen molar-refractivity contribution in [1.82, 2.24) is 10.3 Å². The van der Waals surface area contributed by atoms with Crippen molar-refractivity contribution in [2.45, 2.75) is 32.9 Å². The molecule has 2 aromatic rings. The van der Waals surface area contributed by atoms with Gasteiger partial charge < -0.3 is 10.1 Å². The molecule has 1 aromatic carbocycles. The average Bonchev–Trinajstić information content (AvgIpc) is 3.04. The van der Waals surface area contributed by atoms with E-state index in [2.05, 4.69) is 16.4 Å². The third kappa shape index (κ3) is 3.59. The first kappa shape index (κ1) is 15.7. The predicted molar refractivity (Wildman–Crippen MR) is 88.8 cm³/mol. The summed E-state index contributed by atoms with van der Waals surface area (Å²) >= 11 is 0. The Morgan fingerprint density at radius 2 is 2.09 bits per heavy atom. The van der Waals surface area contributed by atoms with Crippen molar-refractivity contribution < 1.29 is 9.53 Å². The second-order valence-corrected chi connectivity index (χ2v) is 6.09. The first-order valence-electron chi connectivity index (χ1n) is 8.01. The maximum absolute atomic E-state index is 12.6. The zero-order valence-electron chi connectivity index (χ0n) is 13.6. The van der Waals surface area contributed by atoms with Gasteiger partial charge in [0.2, 0.25) is 5.91 Å². The summed E-state index contributed by atoms with van der Waals surface area (Å²) < 4.78 is 5.79. The Balaban J connectivity index is 1.65. The molecule has 1 aliphatic rings. The van der Waals surface area contributed by atoms with Gasteiger partial charge in [-0.25, -0.2) is 0 Å². The van der Waals surface area contributed by atoms with Crippen molar-refractivity contribution in [3.63, 3.8) is 0 Å². The highest BCUT2D eigenvalue weighted by Gasteiger charge is 2.34. The van der Waals surface area contributed by atoms with Gasteiger partial charge in [0, 0.05) is 12.8 Å². The van der Waals surface area contributed by atoms with Gasteiger partial charge in [-0.1, -0.05) is 36.4 Å². The lowest BCUT2D eigenvalue weighted by atomic mass is 9.94. The number of aromatic nitrogens is 1. The van der Waals surface area contributed by atoms with Crippen LogP contribution in [0.1, 0.15) is 34.9 Å². The summed E-state index contributed by atoms with van der Waals surface area (Å²) in [6.45, 7) is 5.12. The quantitative estimate of drug-likeness (QED) is 0.944. The van der Waals surface area contributed by atoms with Crippen LogP contribution in [0.4, 0.5) is 0 Å². The van der Waals surface area contributed by atoms with Crippen molar-refractivity contribution in [2.75, 3.05) is 6.61 Å². The molecule has 1 fully saturated rings. The number of carbonyl (C=O) groups is 1. The smallest absolute Gasteiger partial charge is 0.226 e. The van der Waals surface area contributed by atoms with Crippen LogP contribution in [0.3, 0.4) is 0 Å². The third-order valence-electron chi connectivity index (χ3n) is 4.31. The minimum Gasteiger partial charge on any atom is -0.373 e.